The molecule has 0 amide bonds. The van der Waals surface area contributed by atoms with E-state index in [-0.39, 0.29) is 24.0 Å². The van der Waals surface area contributed by atoms with E-state index in [0.29, 0.717) is 12.2 Å². The molecule has 8 heteroatoms. The molecule has 110 valence electrons. The van der Waals surface area contributed by atoms with Crippen LogP contribution in [0.3, 0.4) is 0 Å². The molecule has 1 aromatic carbocycles. The summed E-state index contributed by atoms with van der Waals surface area (Å²) in [5.41, 5.74) is 2.84. The van der Waals surface area contributed by atoms with Crippen LogP contribution in [0.5, 0.6) is 11.6 Å². The second-order valence-electron chi connectivity index (χ2n) is 4.13. The van der Waals surface area contributed by atoms with Gasteiger partial charge in [0.25, 0.3) is 5.69 Å². The van der Waals surface area contributed by atoms with Gasteiger partial charge >= 0.3 is 0 Å². The Kier molecular flexibility index (Phi) is 4.64. The van der Waals surface area contributed by atoms with Crippen molar-refractivity contribution in [2.45, 2.75) is 6.42 Å². The highest BCUT2D eigenvalue weighted by atomic mass is 16.6. The predicted molar refractivity (Wildman–Crippen MR) is 76.0 cm³/mol. The van der Waals surface area contributed by atoms with Crippen LogP contribution in [-0.4, -0.2) is 21.6 Å². The number of hydrogen-bond acceptors (Lipinski definition) is 7. The minimum atomic E-state index is -0.561. The van der Waals surface area contributed by atoms with Gasteiger partial charge in [0.2, 0.25) is 5.88 Å². The molecule has 0 radical (unpaired) electrons. The number of hydrogen-bond donors (Lipinski definition) is 3. The van der Waals surface area contributed by atoms with E-state index >= 15 is 0 Å². The summed E-state index contributed by atoms with van der Waals surface area (Å²) in [6, 6.07) is 9.47. The molecule has 0 spiro atoms. The van der Waals surface area contributed by atoms with Gasteiger partial charge in [-0.2, -0.15) is 4.98 Å². The van der Waals surface area contributed by atoms with Crippen molar-refractivity contribution < 1.29 is 14.8 Å². The van der Waals surface area contributed by atoms with Crippen molar-refractivity contribution in [2.75, 3.05) is 12.0 Å². The molecule has 0 atom stereocenters. The van der Waals surface area contributed by atoms with Gasteiger partial charge in [0.1, 0.15) is 5.75 Å². The van der Waals surface area contributed by atoms with Crippen molar-refractivity contribution in [1.29, 1.82) is 0 Å². The Labute approximate surface area is 120 Å². The Morgan fingerprint density at radius 3 is 2.81 bits per heavy atom. The lowest BCUT2D eigenvalue weighted by Gasteiger charge is -2.10. The number of rotatable bonds is 6. The first-order chi connectivity index (χ1) is 10.1. The second kappa shape index (κ2) is 6.64. The first-order valence-corrected chi connectivity index (χ1v) is 6.13. The van der Waals surface area contributed by atoms with Gasteiger partial charge in [0.05, 0.1) is 17.1 Å². The normalized spacial score (nSPS) is 10.2. The maximum atomic E-state index is 10.9. The molecule has 2 rings (SSSR count). The van der Waals surface area contributed by atoms with Gasteiger partial charge in [-0.25, -0.2) is 5.84 Å². The lowest BCUT2D eigenvalue weighted by molar-refractivity contribution is -0.384. The highest BCUT2D eigenvalue weighted by Gasteiger charge is 2.13. The number of para-hydroxylation sites is 1. The van der Waals surface area contributed by atoms with Gasteiger partial charge in [0.15, 0.2) is 5.82 Å². The molecule has 4 N–H and O–H groups in total. The van der Waals surface area contributed by atoms with Crippen molar-refractivity contribution >= 4 is 11.5 Å². The molecule has 0 saturated heterocycles. The van der Waals surface area contributed by atoms with Crippen LogP contribution in [0.25, 0.3) is 0 Å². The Balaban J connectivity index is 2.35. The van der Waals surface area contributed by atoms with Crippen LogP contribution in [0.1, 0.15) is 5.56 Å². The van der Waals surface area contributed by atoms with E-state index < -0.39 is 4.92 Å². The Morgan fingerprint density at radius 1 is 1.38 bits per heavy atom. The summed E-state index contributed by atoms with van der Waals surface area (Å²) in [7, 11) is 0. The summed E-state index contributed by atoms with van der Waals surface area (Å²) in [4.78, 5) is 14.3. The Bertz CT molecular complexity index is 648. The number of benzene rings is 1. The van der Waals surface area contributed by atoms with Crippen LogP contribution in [0, 0.1) is 10.1 Å². The van der Waals surface area contributed by atoms with Gasteiger partial charge in [-0.15, -0.1) is 0 Å². The van der Waals surface area contributed by atoms with Crippen molar-refractivity contribution in [3.63, 3.8) is 0 Å². The molecule has 0 fully saturated rings. The summed E-state index contributed by atoms with van der Waals surface area (Å²) in [6.45, 7) is -0.0294. The van der Waals surface area contributed by atoms with Gasteiger partial charge in [-0.3, -0.25) is 10.1 Å². The van der Waals surface area contributed by atoms with Crippen molar-refractivity contribution in [1.82, 2.24) is 4.98 Å². The highest BCUT2D eigenvalue weighted by molar-refractivity contribution is 5.48. The Hall–Kier alpha value is -2.71. The minimum Gasteiger partial charge on any atom is -0.438 e. The van der Waals surface area contributed by atoms with Crippen molar-refractivity contribution in [3.8, 4) is 11.6 Å². The summed E-state index contributed by atoms with van der Waals surface area (Å²) >= 11 is 0. The van der Waals surface area contributed by atoms with Gasteiger partial charge in [-0.05, 0) is 18.1 Å². The van der Waals surface area contributed by atoms with E-state index in [1.807, 2.05) is 6.07 Å². The molecular formula is C13H14N4O4. The number of ether oxygens (including phenoxy) is 1. The van der Waals surface area contributed by atoms with Gasteiger partial charge < -0.3 is 15.3 Å². The number of anilines is 1. The van der Waals surface area contributed by atoms with Crippen LogP contribution in [-0.2, 0) is 6.42 Å². The number of nitrogens with two attached hydrogens (primary N) is 1. The molecule has 1 heterocycles. The van der Waals surface area contributed by atoms with Crippen LogP contribution >= 0.6 is 0 Å². The standard InChI is InChI=1S/C13H14N4O4/c14-16-12-7-10(17(19)20)8-13(15-12)21-11-4-2-1-3-9(11)5-6-18/h1-4,7-8,18H,5-6,14H2,(H,15,16). The molecule has 1 aromatic heterocycles. The van der Waals surface area contributed by atoms with E-state index in [0.717, 1.165) is 5.56 Å². The lowest BCUT2D eigenvalue weighted by atomic mass is 10.1. The predicted octanol–water partition coefficient (Wildman–Crippen LogP) is 1.60. The molecule has 2 aromatic rings. The molecule has 8 nitrogen and oxygen atoms in total. The number of nitrogen functional groups attached to an aromatic ring is 1. The highest BCUT2D eigenvalue weighted by Crippen LogP contribution is 2.28. The average molecular weight is 290 g/mol. The molecular weight excluding hydrogens is 276 g/mol. The van der Waals surface area contributed by atoms with E-state index in [9.17, 15) is 10.1 Å². The summed E-state index contributed by atoms with van der Waals surface area (Å²) in [5.74, 6) is 5.88. The monoisotopic (exact) mass is 290 g/mol. The third-order valence-electron chi connectivity index (χ3n) is 2.71. The topological polar surface area (TPSA) is 124 Å². The van der Waals surface area contributed by atoms with E-state index in [1.165, 1.54) is 12.1 Å². The smallest absolute Gasteiger partial charge is 0.278 e. The Morgan fingerprint density at radius 2 is 2.14 bits per heavy atom. The number of aliphatic hydroxyl groups is 1. The lowest BCUT2D eigenvalue weighted by Crippen LogP contribution is -2.09. The number of pyridine rings is 1. The summed E-state index contributed by atoms with van der Waals surface area (Å²) in [6.07, 6.45) is 0.410. The first-order valence-electron chi connectivity index (χ1n) is 6.13. The number of nitro groups is 1. The molecule has 21 heavy (non-hydrogen) atoms. The van der Waals surface area contributed by atoms with Crippen LogP contribution in [0.2, 0.25) is 0 Å². The summed E-state index contributed by atoms with van der Waals surface area (Å²) < 4.78 is 5.57. The molecule has 0 aliphatic heterocycles. The number of nitrogens with one attached hydrogen (secondary N) is 1. The fourth-order valence-electron chi connectivity index (χ4n) is 1.77. The molecule has 0 saturated carbocycles. The zero-order valence-electron chi connectivity index (χ0n) is 11.0. The van der Waals surface area contributed by atoms with E-state index in [1.54, 1.807) is 18.2 Å². The zero-order valence-corrected chi connectivity index (χ0v) is 11.0. The van der Waals surface area contributed by atoms with Crippen molar-refractivity contribution in [3.05, 3.63) is 52.1 Å². The molecule has 0 unspecified atom stereocenters. The number of nitrogens with zero attached hydrogens (tertiary/aromatic N) is 2. The average Bonchev–Trinajstić information content (AvgIpc) is 2.49. The third kappa shape index (κ3) is 3.65. The van der Waals surface area contributed by atoms with Gasteiger partial charge in [-0.1, -0.05) is 18.2 Å². The summed E-state index contributed by atoms with van der Waals surface area (Å²) in [5, 5.41) is 19.9. The molecule has 0 bridgehead atoms. The SMILES string of the molecule is NNc1cc([N+](=O)[O-])cc(Oc2ccccc2CCO)n1. The zero-order chi connectivity index (χ0) is 15.2. The van der Waals surface area contributed by atoms with E-state index in [2.05, 4.69) is 10.4 Å². The third-order valence-corrected chi connectivity index (χ3v) is 2.71. The second-order valence-corrected chi connectivity index (χ2v) is 4.13. The number of hydrazine groups is 1. The maximum absolute atomic E-state index is 10.9. The van der Waals surface area contributed by atoms with Crippen LogP contribution in [0.15, 0.2) is 36.4 Å². The van der Waals surface area contributed by atoms with Gasteiger partial charge in [0, 0.05) is 6.61 Å². The quantitative estimate of drug-likeness (QED) is 0.419. The minimum absolute atomic E-state index is 0.0294. The first kappa shape index (κ1) is 14.7. The van der Waals surface area contributed by atoms with Crippen LogP contribution < -0.4 is 16.0 Å². The molecule has 0 aliphatic rings. The van der Waals surface area contributed by atoms with E-state index in [4.69, 9.17) is 15.7 Å². The number of aliphatic hydroxyl groups excluding tert-OH is 1. The fraction of sp³-hybridized carbons (Fsp3) is 0.154. The van der Waals surface area contributed by atoms with Crippen LogP contribution in [0.4, 0.5) is 11.5 Å². The maximum Gasteiger partial charge on any atom is 0.278 e. The molecule has 0 aliphatic carbocycles. The van der Waals surface area contributed by atoms with Crippen molar-refractivity contribution in [2.24, 2.45) is 5.84 Å². The largest absolute Gasteiger partial charge is 0.438 e. The number of aromatic nitrogens is 1. The fourth-order valence-corrected chi connectivity index (χ4v) is 1.77.